The molecule has 176 valence electrons. The highest BCUT2D eigenvalue weighted by atomic mass is 32.2. The van der Waals surface area contributed by atoms with E-state index in [1.807, 2.05) is 6.92 Å². The van der Waals surface area contributed by atoms with Gasteiger partial charge in [0.1, 0.15) is 12.4 Å². The van der Waals surface area contributed by atoms with Gasteiger partial charge in [0, 0.05) is 24.7 Å². The molecule has 2 aromatic heterocycles. The highest BCUT2D eigenvalue weighted by molar-refractivity contribution is 7.92. The van der Waals surface area contributed by atoms with Crippen molar-refractivity contribution in [3.8, 4) is 5.75 Å². The van der Waals surface area contributed by atoms with Crippen molar-refractivity contribution >= 4 is 38.0 Å². The second kappa shape index (κ2) is 9.65. The lowest BCUT2D eigenvalue weighted by atomic mass is 10.2. The number of thiazole rings is 1. The van der Waals surface area contributed by atoms with Crippen LogP contribution in [0.25, 0.3) is 4.96 Å². The smallest absolute Gasteiger partial charge is 0.344 e. The highest BCUT2D eigenvalue weighted by Crippen LogP contribution is 2.24. The molecule has 0 aliphatic rings. The lowest BCUT2D eigenvalue weighted by Gasteiger charge is -2.20. The number of esters is 1. The van der Waals surface area contributed by atoms with Crippen LogP contribution in [0, 0.1) is 6.92 Å². The van der Waals surface area contributed by atoms with Gasteiger partial charge in [-0.15, -0.1) is 11.3 Å². The topological polar surface area (TPSA) is 107 Å². The summed E-state index contributed by atoms with van der Waals surface area (Å²) in [5.41, 5.74) is 1.51. The van der Waals surface area contributed by atoms with Gasteiger partial charge in [0.15, 0.2) is 11.6 Å². The molecule has 0 aliphatic heterocycles. The molecule has 0 N–H and O–H groups in total. The Bertz CT molecular complexity index is 1480. The number of carbonyl (C=O) groups is 1. The van der Waals surface area contributed by atoms with Crippen LogP contribution in [0.2, 0.25) is 0 Å². The third-order valence-corrected chi connectivity index (χ3v) is 7.53. The predicted molar refractivity (Wildman–Crippen MR) is 128 cm³/mol. The molecular weight excluding hydrogens is 478 g/mol. The summed E-state index contributed by atoms with van der Waals surface area (Å²) in [6.45, 7) is 1.39. The summed E-state index contributed by atoms with van der Waals surface area (Å²) in [5, 5.41) is 1.74. The summed E-state index contributed by atoms with van der Waals surface area (Å²) in [4.78, 5) is 29.0. The van der Waals surface area contributed by atoms with Gasteiger partial charge in [0.05, 0.1) is 16.3 Å². The zero-order chi connectivity index (χ0) is 24.3. The van der Waals surface area contributed by atoms with Gasteiger partial charge in [-0.2, -0.15) is 0 Å². The molecule has 4 aromatic rings. The summed E-state index contributed by atoms with van der Waals surface area (Å²) in [6, 6.07) is 14.2. The Kier molecular flexibility index (Phi) is 6.66. The van der Waals surface area contributed by atoms with Gasteiger partial charge >= 0.3 is 5.97 Å². The number of sulfonamides is 1. The van der Waals surface area contributed by atoms with E-state index in [-0.39, 0.29) is 23.7 Å². The summed E-state index contributed by atoms with van der Waals surface area (Å²) < 4.78 is 38.8. The number of ether oxygens (including phenoxy) is 2. The normalized spacial score (nSPS) is 11.4. The standard InChI is InChI=1S/C23H21N3O6S2/c1-16-3-9-20(10-4-16)34(29,30)25(2)18-5-7-19(8-6-18)31-15-22(28)32-14-17-13-21(27)26-11-12-33-23(26)24-17/h3-13H,14-15H2,1-2H3. The fourth-order valence-electron chi connectivity index (χ4n) is 3.06. The summed E-state index contributed by atoms with van der Waals surface area (Å²) >= 11 is 1.31. The SMILES string of the molecule is Cc1ccc(S(=O)(=O)N(C)c2ccc(OCC(=O)OCc3cc(=O)n4ccsc4n3)cc2)cc1. The van der Waals surface area contributed by atoms with E-state index in [1.54, 1.807) is 60.1 Å². The van der Waals surface area contributed by atoms with Crippen LogP contribution in [-0.4, -0.2) is 37.4 Å². The Labute approximate surface area is 199 Å². The van der Waals surface area contributed by atoms with Crippen molar-refractivity contribution in [3.63, 3.8) is 0 Å². The monoisotopic (exact) mass is 499 g/mol. The van der Waals surface area contributed by atoms with Crippen LogP contribution in [0.3, 0.4) is 0 Å². The zero-order valence-electron chi connectivity index (χ0n) is 18.4. The molecule has 11 heteroatoms. The number of hydrogen-bond donors (Lipinski definition) is 0. The average Bonchev–Trinajstić information content (AvgIpc) is 3.31. The molecule has 0 spiro atoms. The number of aromatic nitrogens is 2. The third kappa shape index (κ3) is 5.10. The van der Waals surface area contributed by atoms with Crippen molar-refractivity contribution in [3.05, 3.63) is 87.8 Å². The quantitative estimate of drug-likeness (QED) is 0.343. The zero-order valence-corrected chi connectivity index (χ0v) is 20.0. The second-order valence-electron chi connectivity index (χ2n) is 7.37. The molecule has 2 heterocycles. The fraction of sp³-hybridized carbons (Fsp3) is 0.174. The molecule has 0 unspecified atom stereocenters. The minimum Gasteiger partial charge on any atom is -0.482 e. The Morgan fingerprint density at radius 3 is 2.53 bits per heavy atom. The van der Waals surface area contributed by atoms with Gasteiger partial charge in [0.2, 0.25) is 0 Å². The first-order valence-corrected chi connectivity index (χ1v) is 12.5. The Hall–Kier alpha value is -3.70. The maximum atomic E-state index is 12.8. The molecule has 9 nitrogen and oxygen atoms in total. The molecule has 0 fully saturated rings. The molecular formula is C23H21N3O6S2. The van der Waals surface area contributed by atoms with E-state index < -0.39 is 16.0 Å². The van der Waals surface area contributed by atoms with Crippen LogP contribution in [0.4, 0.5) is 5.69 Å². The van der Waals surface area contributed by atoms with E-state index in [0.29, 0.717) is 22.1 Å². The number of hydrogen-bond acceptors (Lipinski definition) is 8. The number of anilines is 1. The molecule has 0 saturated heterocycles. The third-order valence-electron chi connectivity index (χ3n) is 4.97. The summed E-state index contributed by atoms with van der Waals surface area (Å²) in [7, 11) is -2.24. The number of rotatable bonds is 8. The predicted octanol–water partition coefficient (Wildman–Crippen LogP) is 3.01. The van der Waals surface area contributed by atoms with E-state index >= 15 is 0 Å². The van der Waals surface area contributed by atoms with Gasteiger partial charge in [-0.05, 0) is 43.3 Å². The first-order valence-electron chi connectivity index (χ1n) is 10.1. The second-order valence-corrected chi connectivity index (χ2v) is 10.2. The maximum absolute atomic E-state index is 12.8. The summed E-state index contributed by atoms with van der Waals surface area (Å²) in [5.74, 6) is -0.255. The van der Waals surface area contributed by atoms with E-state index in [2.05, 4.69) is 4.98 Å². The number of benzene rings is 2. The largest absolute Gasteiger partial charge is 0.482 e. The van der Waals surface area contributed by atoms with Crippen LogP contribution in [0.5, 0.6) is 5.75 Å². The van der Waals surface area contributed by atoms with Gasteiger partial charge < -0.3 is 9.47 Å². The van der Waals surface area contributed by atoms with Crippen LogP contribution in [0.15, 0.2) is 75.9 Å². The molecule has 0 aliphatic carbocycles. The molecule has 4 rings (SSSR count). The number of carbonyl (C=O) groups excluding carboxylic acids is 1. The number of nitrogens with zero attached hydrogens (tertiary/aromatic N) is 3. The van der Waals surface area contributed by atoms with Crippen molar-refractivity contribution in [2.45, 2.75) is 18.4 Å². The summed E-state index contributed by atoms with van der Waals surface area (Å²) in [6.07, 6.45) is 1.62. The van der Waals surface area contributed by atoms with Gasteiger partial charge in [-0.1, -0.05) is 17.7 Å². The van der Waals surface area contributed by atoms with E-state index in [9.17, 15) is 18.0 Å². The Morgan fingerprint density at radius 1 is 1.12 bits per heavy atom. The Balaban J connectivity index is 1.32. The molecule has 0 saturated carbocycles. The highest BCUT2D eigenvalue weighted by Gasteiger charge is 2.21. The van der Waals surface area contributed by atoms with E-state index in [0.717, 1.165) is 5.56 Å². The lowest BCUT2D eigenvalue weighted by molar-refractivity contribution is -0.147. The van der Waals surface area contributed by atoms with Gasteiger partial charge in [-0.3, -0.25) is 13.5 Å². The molecule has 0 atom stereocenters. The molecule has 34 heavy (non-hydrogen) atoms. The van der Waals surface area contributed by atoms with Crippen LogP contribution < -0.4 is 14.6 Å². The van der Waals surface area contributed by atoms with Gasteiger partial charge in [0.25, 0.3) is 15.6 Å². The lowest BCUT2D eigenvalue weighted by Crippen LogP contribution is -2.26. The Morgan fingerprint density at radius 2 is 1.82 bits per heavy atom. The average molecular weight is 500 g/mol. The molecule has 0 radical (unpaired) electrons. The number of fused-ring (bicyclic) bond motifs is 1. The van der Waals surface area contributed by atoms with Crippen molar-refractivity contribution < 1.29 is 22.7 Å². The minimum atomic E-state index is -3.70. The minimum absolute atomic E-state index is 0.146. The van der Waals surface area contributed by atoms with Crippen LogP contribution in [-0.2, 0) is 26.2 Å². The van der Waals surface area contributed by atoms with Crippen molar-refractivity contribution in [1.29, 1.82) is 0 Å². The molecule has 0 bridgehead atoms. The fourth-order valence-corrected chi connectivity index (χ4v) is 4.99. The van der Waals surface area contributed by atoms with E-state index in [4.69, 9.17) is 9.47 Å². The molecule has 0 amide bonds. The van der Waals surface area contributed by atoms with Gasteiger partial charge in [-0.25, -0.2) is 18.2 Å². The van der Waals surface area contributed by atoms with E-state index in [1.165, 1.54) is 33.2 Å². The molecule has 2 aromatic carbocycles. The van der Waals surface area contributed by atoms with Crippen molar-refractivity contribution in [1.82, 2.24) is 9.38 Å². The maximum Gasteiger partial charge on any atom is 0.344 e. The van der Waals surface area contributed by atoms with Crippen molar-refractivity contribution in [2.75, 3.05) is 18.0 Å². The van der Waals surface area contributed by atoms with Crippen molar-refractivity contribution in [2.24, 2.45) is 0 Å². The first kappa shape index (κ1) is 23.5. The van der Waals surface area contributed by atoms with Crippen LogP contribution in [0.1, 0.15) is 11.3 Å². The van der Waals surface area contributed by atoms with Crippen LogP contribution >= 0.6 is 11.3 Å². The number of aryl methyl sites for hydroxylation is 1. The first-order chi connectivity index (χ1) is 16.2.